The number of nitrogens with one attached hydrogen (secondary N) is 2. The molecule has 0 aliphatic carbocycles. The molecule has 0 saturated heterocycles. The van der Waals surface area contributed by atoms with Gasteiger partial charge in [-0.2, -0.15) is 10.2 Å². The van der Waals surface area contributed by atoms with E-state index >= 15 is 0 Å². The van der Waals surface area contributed by atoms with Crippen LogP contribution in [0.4, 0.5) is 17.6 Å². The monoisotopic (exact) mass is 751 g/mol. The standard InChI is InChI=1S/C35H41N15O5/c1-5-49-24(13-18(3)45-49)32(53)43-35-42-23-15-21(30(39)52)17-40-31(23)48(35)11-8-7-10-47-27-22(14-20(29(38)51)16-25(27)55-12-9-36)41-34(47)44-33(54)28-26(37)19(4)46-50(28)6-2/h7-8,13-17H,5-6,9-12,36-37H2,1-4H3,(H2,38,51)(H2,39,52)(H,41,44,54)(H,42,43,53)/b8-7+. The average molecular weight is 752 g/mol. The van der Waals surface area contributed by atoms with Gasteiger partial charge >= 0.3 is 0 Å². The van der Waals surface area contributed by atoms with E-state index in [1.165, 1.54) is 29.1 Å². The van der Waals surface area contributed by atoms with Crippen molar-refractivity contribution in [3.05, 3.63) is 76.5 Å². The molecule has 0 bridgehead atoms. The van der Waals surface area contributed by atoms with Gasteiger partial charge in [0.05, 0.1) is 28.2 Å². The lowest BCUT2D eigenvalue weighted by Crippen LogP contribution is -2.21. The number of aryl methyl sites for hydroxylation is 4. The molecule has 0 radical (unpaired) electrons. The van der Waals surface area contributed by atoms with Crippen molar-refractivity contribution in [1.29, 1.82) is 0 Å². The Hall–Kier alpha value is -7.09. The minimum atomic E-state index is -0.698. The van der Waals surface area contributed by atoms with Crippen molar-refractivity contribution in [3.63, 3.8) is 0 Å². The minimum absolute atomic E-state index is 0.120. The van der Waals surface area contributed by atoms with Gasteiger partial charge in [-0.15, -0.1) is 0 Å². The molecule has 55 heavy (non-hydrogen) atoms. The van der Waals surface area contributed by atoms with Crippen LogP contribution < -0.4 is 38.3 Å². The number of nitrogens with zero attached hydrogens (tertiary/aromatic N) is 9. The van der Waals surface area contributed by atoms with Gasteiger partial charge in [-0.1, -0.05) is 12.2 Å². The molecule has 10 N–H and O–H groups in total. The molecule has 20 heteroatoms. The number of primary amides is 2. The zero-order valence-electron chi connectivity index (χ0n) is 30.7. The first-order chi connectivity index (χ1) is 26.3. The summed E-state index contributed by atoms with van der Waals surface area (Å²) >= 11 is 0. The first-order valence-corrected chi connectivity index (χ1v) is 17.3. The number of carbonyl (C=O) groups is 4. The summed E-state index contributed by atoms with van der Waals surface area (Å²) in [6, 6.07) is 6.16. The lowest BCUT2D eigenvalue weighted by Gasteiger charge is -2.13. The van der Waals surface area contributed by atoms with E-state index in [0.29, 0.717) is 52.4 Å². The smallest absolute Gasteiger partial charge is 0.278 e. The minimum Gasteiger partial charge on any atom is -0.490 e. The highest BCUT2D eigenvalue weighted by Crippen LogP contribution is 2.32. The Morgan fingerprint density at radius 3 is 2.13 bits per heavy atom. The molecule has 4 amide bonds. The highest BCUT2D eigenvalue weighted by atomic mass is 16.5. The van der Waals surface area contributed by atoms with E-state index in [1.54, 1.807) is 45.9 Å². The Labute approximate surface area is 313 Å². The van der Waals surface area contributed by atoms with Gasteiger partial charge in [0.1, 0.15) is 34.8 Å². The number of fused-ring (bicyclic) bond motifs is 2. The number of amides is 4. The normalized spacial score (nSPS) is 11.5. The third-order valence-corrected chi connectivity index (χ3v) is 8.65. The quantitative estimate of drug-likeness (QED) is 0.0818. The van der Waals surface area contributed by atoms with Crippen molar-refractivity contribution in [2.45, 2.75) is 53.9 Å². The Kier molecular flexibility index (Phi) is 10.6. The number of anilines is 3. The topological polar surface area (TPSA) is 290 Å². The summed E-state index contributed by atoms with van der Waals surface area (Å²) in [6.45, 7) is 8.67. The number of aromatic nitrogens is 9. The average Bonchev–Trinajstić information content (AvgIpc) is 3.89. The molecule has 0 atom stereocenters. The molecule has 6 rings (SSSR count). The predicted octanol–water partition coefficient (Wildman–Crippen LogP) is 1.71. The van der Waals surface area contributed by atoms with Gasteiger partial charge in [-0.3, -0.25) is 43.7 Å². The first-order valence-electron chi connectivity index (χ1n) is 17.3. The maximum atomic E-state index is 13.7. The number of ether oxygens (including phenoxy) is 1. The first kappa shape index (κ1) is 37.7. The number of carbonyl (C=O) groups excluding carboxylic acids is 4. The molecule has 0 aliphatic heterocycles. The number of imidazole rings is 2. The number of hydrogen-bond donors (Lipinski definition) is 6. The van der Waals surface area contributed by atoms with E-state index in [2.05, 4.69) is 35.8 Å². The van der Waals surface area contributed by atoms with E-state index in [1.807, 2.05) is 13.8 Å². The summed E-state index contributed by atoms with van der Waals surface area (Å²) in [6.07, 6.45) is 4.93. The van der Waals surface area contributed by atoms with Crippen LogP contribution in [0, 0.1) is 13.8 Å². The fourth-order valence-corrected chi connectivity index (χ4v) is 6.06. The number of allylic oxidation sites excluding steroid dienone is 2. The van der Waals surface area contributed by atoms with Gasteiger partial charge in [0.15, 0.2) is 5.65 Å². The van der Waals surface area contributed by atoms with Crippen LogP contribution in [0.15, 0.2) is 42.6 Å². The summed E-state index contributed by atoms with van der Waals surface area (Å²) < 4.78 is 12.4. The highest BCUT2D eigenvalue weighted by molar-refractivity contribution is 6.07. The molecule has 0 saturated carbocycles. The summed E-state index contributed by atoms with van der Waals surface area (Å²) in [5.41, 5.74) is 26.8. The zero-order chi connectivity index (χ0) is 39.6. The van der Waals surface area contributed by atoms with E-state index in [9.17, 15) is 19.2 Å². The number of rotatable bonds is 15. The van der Waals surface area contributed by atoms with E-state index in [-0.39, 0.29) is 66.4 Å². The Balaban J connectivity index is 1.38. The van der Waals surface area contributed by atoms with Crippen LogP contribution in [0.1, 0.15) is 66.9 Å². The molecular weight excluding hydrogens is 710 g/mol. The maximum absolute atomic E-state index is 13.7. The summed E-state index contributed by atoms with van der Waals surface area (Å²) in [7, 11) is 0. The van der Waals surface area contributed by atoms with Crippen molar-refractivity contribution in [3.8, 4) is 5.75 Å². The number of hydrogen-bond acceptors (Lipinski definition) is 12. The molecule has 6 aromatic rings. The van der Waals surface area contributed by atoms with Gasteiger partial charge in [0.25, 0.3) is 11.8 Å². The molecule has 5 heterocycles. The molecule has 5 aromatic heterocycles. The van der Waals surface area contributed by atoms with Crippen LogP contribution in [0.3, 0.4) is 0 Å². The van der Waals surface area contributed by atoms with Gasteiger partial charge < -0.3 is 32.2 Å². The highest BCUT2D eigenvalue weighted by Gasteiger charge is 2.24. The summed E-state index contributed by atoms with van der Waals surface area (Å²) in [5, 5.41) is 14.4. The maximum Gasteiger partial charge on any atom is 0.278 e. The number of pyridine rings is 1. The van der Waals surface area contributed by atoms with Gasteiger partial charge in [0.2, 0.25) is 23.7 Å². The molecule has 0 aliphatic rings. The van der Waals surface area contributed by atoms with Gasteiger partial charge in [-0.25, -0.2) is 15.0 Å². The Morgan fingerprint density at radius 2 is 1.45 bits per heavy atom. The largest absolute Gasteiger partial charge is 0.490 e. The van der Waals surface area contributed by atoms with E-state index < -0.39 is 23.6 Å². The second-order valence-electron chi connectivity index (χ2n) is 12.4. The van der Waals surface area contributed by atoms with Crippen LogP contribution in [0.5, 0.6) is 5.75 Å². The van der Waals surface area contributed by atoms with Crippen molar-refractivity contribution < 1.29 is 23.9 Å². The molecule has 0 unspecified atom stereocenters. The predicted molar refractivity (Wildman–Crippen MR) is 204 cm³/mol. The Bertz CT molecular complexity index is 2500. The van der Waals surface area contributed by atoms with Crippen molar-refractivity contribution in [1.82, 2.24) is 43.6 Å². The Morgan fingerprint density at radius 1 is 0.818 bits per heavy atom. The third-order valence-electron chi connectivity index (χ3n) is 8.65. The van der Waals surface area contributed by atoms with E-state index in [0.717, 1.165) is 0 Å². The lowest BCUT2D eigenvalue weighted by atomic mass is 10.1. The molecule has 20 nitrogen and oxygen atoms in total. The zero-order valence-corrected chi connectivity index (χ0v) is 30.7. The van der Waals surface area contributed by atoms with Crippen molar-refractivity contribution in [2.75, 3.05) is 29.5 Å². The number of nitrogen functional groups attached to an aromatic ring is 1. The summed E-state index contributed by atoms with van der Waals surface area (Å²) in [4.78, 5) is 65.0. The van der Waals surface area contributed by atoms with E-state index in [4.69, 9.17) is 27.7 Å². The fraction of sp³-hybridized carbons (Fsp3) is 0.286. The van der Waals surface area contributed by atoms with Crippen LogP contribution >= 0.6 is 0 Å². The molecule has 0 fully saturated rings. The SMILES string of the molecule is CCn1nc(C)cc1C(=O)Nc1nc2cc(C(N)=O)cnc2n1C/C=C/Cn1c(NC(=O)c2c(N)c(C)nn2CC)nc2cc(C(N)=O)cc(OCCN)c21. The molecular formula is C35H41N15O5. The van der Waals surface area contributed by atoms with Crippen LogP contribution in [0.25, 0.3) is 22.2 Å². The van der Waals surface area contributed by atoms with Crippen molar-refractivity contribution >= 4 is 63.4 Å². The number of nitrogens with two attached hydrogens (primary N) is 4. The second-order valence-corrected chi connectivity index (χ2v) is 12.4. The number of benzene rings is 1. The fourth-order valence-electron chi connectivity index (χ4n) is 6.06. The lowest BCUT2D eigenvalue weighted by molar-refractivity contribution is 0.0991. The second kappa shape index (κ2) is 15.5. The van der Waals surface area contributed by atoms with Gasteiger partial charge in [-0.05, 0) is 52.0 Å². The molecule has 1 aromatic carbocycles. The van der Waals surface area contributed by atoms with Crippen LogP contribution in [-0.4, -0.2) is 80.4 Å². The van der Waals surface area contributed by atoms with Gasteiger partial charge in [0, 0.05) is 44.5 Å². The molecule has 286 valence electrons. The third kappa shape index (κ3) is 7.42. The summed E-state index contributed by atoms with van der Waals surface area (Å²) in [5.74, 6) is -1.81. The van der Waals surface area contributed by atoms with Crippen LogP contribution in [0.2, 0.25) is 0 Å². The van der Waals surface area contributed by atoms with Crippen LogP contribution in [-0.2, 0) is 26.2 Å². The molecule has 0 spiro atoms. The van der Waals surface area contributed by atoms with Crippen molar-refractivity contribution in [2.24, 2.45) is 17.2 Å².